The Morgan fingerprint density at radius 2 is 2.32 bits per heavy atom. The highest BCUT2D eigenvalue weighted by Crippen LogP contribution is 2.25. The zero-order valence-corrected chi connectivity index (χ0v) is 12.5. The fourth-order valence-electron chi connectivity index (χ4n) is 2.73. The lowest BCUT2D eigenvalue weighted by Crippen LogP contribution is -2.40. The minimum Gasteiger partial charge on any atom is -0.389 e. The normalized spacial score (nSPS) is 21.2. The van der Waals surface area contributed by atoms with Gasteiger partial charge in [-0.25, -0.2) is 0 Å². The van der Waals surface area contributed by atoms with Crippen molar-refractivity contribution >= 4 is 22.9 Å². The molecule has 104 valence electrons. The van der Waals surface area contributed by atoms with Gasteiger partial charge in [-0.1, -0.05) is 19.1 Å². The van der Waals surface area contributed by atoms with Gasteiger partial charge >= 0.3 is 0 Å². The first kappa shape index (κ1) is 14.2. The second-order valence-corrected chi connectivity index (χ2v) is 5.57. The Kier molecular flexibility index (Phi) is 4.71. The van der Waals surface area contributed by atoms with E-state index in [0.29, 0.717) is 11.0 Å². The van der Waals surface area contributed by atoms with E-state index in [-0.39, 0.29) is 0 Å². The Balaban J connectivity index is 2.35. The summed E-state index contributed by atoms with van der Waals surface area (Å²) in [6.45, 7) is 5.47. The van der Waals surface area contributed by atoms with Gasteiger partial charge in [-0.3, -0.25) is 4.98 Å². The quantitative estimate of drug-likeness (QED) is 0.852. The third kappa shape index (κ3) is 3.22. The first-order valence-electron chi connectivity index (χ1n) is 6.82. The summed E-state index contributed by atoms with van der Waals surface area (Å²) in [5.74, 6) is 0. The van der Waals surface area contributed by atoms with E-state index in [1.807, 2.05) is 12.3 Å². The van der Waals surface area contributed by atoms with Crippen molar-refractivity contribution in [2.24, 2.45) is 5.73 Å². The standard InChI is InChI=1S/C14H22N4S/c1-3-11-10-17(2)7-4-8-18(11)13-9-16-6-5-12(13)14(15)19/h5-6,9,11H,3-4,7-8,10H2,1-2H3,(H2,15,19). The smallest absolute Gasteiger partial charge is 0.106 e. The lowest BCUT2D eigenvalue weighted by Gasteiger charge is -2.33. The van der Waals surface area contributed by atoms with Crippen LogP contribution in [0.15, 0.2) is 18.5 Å². The molecule has 1 aromatic rings. The number of hydrogen-bond donors (Lipinski definition) is 1. The molecule has 1 fully saturated rings. The van der Waals surface area contributed by atoms with Crippen LogP contribution < -0.4 is 10.6 Å². The summed E-state index contributed by atoms with van der Waals surface area (Å²) in [5, 5.41) is 0. The molecular formula is C14H22N4S. The van der Waals surface area contributed by atoms with Crippen molar-refractivity contribution in [1.82, 2.24) is 9.88 Å². The predicted octanol–water partition coefficient (Wildman–Crippen LogP) is 1.64. The highest BCUT2D eigenvalue weighted by Gasteiger charge is 2.24. The molecule has 2 heterocycles. The van der Waals surface area contributed by atoms with Gasteiger partial charge in [-0.2, -0.15) is 0 Å². The highest BCUT2D eigenvalue weighted by atomic mass is 32.1. The van der Waals surface area contributed by atoms with Crippen molar-refractivity contribution in [1.29, 1.82) is 0 Å². The van der Waals surface area contributed by atoms with Gasteiger partial charge in [0.25, 0.3) is 0 Å². The van der Waals surface area contributed by atoms with Crippen molar-refractivity contribution in [2.75, 3.05) is 31.6 Å². The van der Waals surface area contributed by atoms with E-state index in [0.717, 1.165) is 43.7 Å². The summed E-state index contributed by atoms with van der Waals surface area (Å²) in [6.07, 6.45) is 5.90. The van der Waals surface area contributed by atoms with Crippen LogP contribution in [0.2, 0.25) is 0 Å². The van der Waals surface area contributed by atoms with Crippen LogP contribution in [0.4, 0.5) is 5.69 Å². The monoisotopic (exact) mass is 278 g/mol. The number of nitrogens with two attached hydrogens (primary N) is 1. The Morgan fingerprint density at radius 1 is 1.53 bits per heavy atom. The third-order valence-corrected chi connectivity index (χ3v) is 3.97. The lowest BCUT2D eigenvalue weighted by molar-refractivity contribution is 0.328. The zero-order valence-electron chi connectivity index (χ0n) is 11.7. The predicted molar refractivity (Wildman–Crippen MR) is 83.7 cm³/mol. The third-order valence-electron chi connectivity index (χ3n) is 3.75. The van der Waals surface area contributed by atoms with Crippen molar-refractivity contribution in [3.8, 4) is 0 Å². The minimum absolute atomic E-state index is 0.449. The van der Waals surface area contributed by atoms with Crippen molar-refractivity contribution in [3.05, 3.63) is 24.0 Å². The number of aromatic nitrogens is 1. The van der Waals surface area contributed by atoms with Gasteiger partial charge in [0.2, 0.25) is 0 Å². The maximum absolute atomic E-state index is 5.84. The molecule has 2 N–H and O–H groups in total. The first-order valence-corrected chi connectivity index (χ1v) is 7.23. The SMILES string of the molecule is CCC1CN(C)CCCN1c1cnccc1C(N)=S. The van der Waals surface area contributed by atoms with E-state index >= 15 is 0 Å². The molecule has 0 bridgehead atoms. The molecule has 0 radical (unpaired) electrons. The maximum Gasteiger partial charge on any atom is 0.106 e. The average molecular weight is 278 g/mol. The van der Waals surface area contributed by atoms with Gasteiger partial charge in [0.05, 0.1) is 11.9 Å². The van der Waals surface area contributed by atoms with E-state index in [9.17, 15) is 0 Å². The number of thiocarbonyl (C=S) groups is 1. The molecular weight excluding hydrogens is 256 g/mol. The van der Waals surface area contributed by atoms with Crippen LogP contribution in [0.25, 0.3) is 0 Å². The van der Waals surface area contributed by atoms with E-state index < -0.39 is 0 Å². The van der Waals surface area contributed by atoms with Crippen LogP contribution in [-0.2, 0) is 0 Å². The van der Waals surface area contributed by atoms with Crippen molar-refractivity contribution < 1.29 is 0 Å². The number of hydrogen-bond acceptors (Lipinski definition) is 4. The van der Waals surface area contributed by atoms with Crippen molar-refractivity contribution in [2.45, 2.75) is 25.8 Å². The summed E-state index contributed by atoms with van der Waals surface area (Å²) in [5.41, 5.74) is 7.86. The van der Waals surface area contributed by atoms with Gasteiger partial charge in [0.15, 0.2) is 0 Å². The molecule has 4 nitrogen and oxygen atoms in total. The Labute approximate surface area is 120 Å². The van der Waals surface area contributed by atoms with Crippen molar-refractivity contribution in [3.63, 3.8) is 0 Å². The average Bonchev–Trinajstić information content (AvgIpc) is 2.60. The summed E-state index contributed by atoms with van der Waals surface area (Å²) in [4.78, 5) is 9.52. The molecule has 19 heavy (non-hydrogen) atoms. The van der Waals surface area contributed by atoms with Gasteiger partial charge in [-0.05, 0) is 32.5 Å². The maximum atomic E-state index is 5.84. The molecule has 1 unspecified atom stereocenters. The largest absolute Gasteiger partial charge is 0.389 e. The van der Waals surface area contributed by atoms with Crippen LogP contribution >= 0.6 is 12.2 Å². The molecule has 1 aromatic heterocycles. The fourth-order valence-corrected chi connectivity index (χ4v) is 2.91. The van der Waals surface area contributed by atoms with Gasteiger partial charge in [0, 0.05) is 30.9 Å². The van der Waals surface area contributed by atoms with Crippen LogP contribution in [0.1, 0.15) is 25.3 Å². The molecule has 0 saturated carbocycles. The molecule has 5 heteroatoms. The zero-order chi connectivity index (χ0) is 13.8. The van der Waals surface area contributed by atoms with Crippen LogP contribution in [-0.4, -0.2) is 47.6 Å². The van der Waals surface area contributed by atoms with Gasteiger partial charge < -0.3 is 15.5 Å². The molecule has 1 saturated heterocycles. The second-order valence-electron chi connectivity index (χ2n) is 5.13. The number of nitrogens with zero attached hydrogens (tertiary/aromatic N) is 3. The molecule has 0 spiro atoms. The summed E-state index contributed by atoms with van der Waals surface area (Å²) in [6, 6.07) is 2.41. The molecule has 1 atom stereocenters. The van der Waals surface area contributed by atoms with E-state index in [4.69, 9.17) is 18.0 Å². The lowest BCUT2D eigenvalue weighted by atomic mass is 10.1. The summed E-state index contributed by atoms with van der Waals surface area (Å²) < 4.78 is 0. The van der Waals surface area contributed by atoms with Crippen LogP contribution in [0, 0.1) is 0 Å². The Hall–Kier alpha value is -1.20. The summed E-state index contributed by atoms with van der Waals surface area (Å²) >= 11 is 5.16. The number of likely N-dealkylation sites (N-methyl/N-ethyl adjacent to an activating group) is 1. The van der Waals surface area contributed by atoms with E-state index in [1.54, 1.807) is 6.20 Å². The Morgan fingerprint density at radius 3 is 3.00 bits per heavy atom. The van der Waals surface area contributed by atoms with Gasteiger partial charge in [-0.15, -0.1) is 0 Å². The molecule has 1 aliphatic rings. The fraction of sp³-hybridized carbons (Fsp3) is 0.571. The van der Waals surface area contributed by atoms with Crippen LogP contribution in [0.3, 0.4) is 0 Å². The molecule has 0 aliphatic carbocycles. The topological polar surface area (TPSA) is 45.4 Å². The molecule has 0 aromatic carbocycles. The second kappa shape index (κ2) is 6.30. The minimum atomic E-state index is 0.449. The van der Waals surface area contributed by atoms with E-state index in [1.165, 1.54) is 0 Å². The number of pyridine rings is 1. The molecule has 2 rings (SSSR count). The molecule has 1 aliphatic heterocycles. The van der Waals surface area contributed by atoms with Gasteiger partial charge in [0.1, 0.15) is 4.99 Å². The summed E-state index contributed by atoms with van der Waals surface area (Å²) in [7, 11) is 2.18. The number of rotatable bonds is 3. The van der Waals surface area contributed by atoms with E-state index in [2.05, 4.69) is 28.8 Å². The highest BCUT2D eigenvalue weighted by molar-refractivity contribution is 7.80. The Bertz CT molecular complexity index is 449. The number of anilines is 1. The van der Waals surface area contributed by atoms with Crippen LogP contribution in [0.5, 0.6) is 0 Å². The molecule has 0 amide bonds. The first-order chi connectivity index (χ1) is 9.13.